The van der Waals surface area contributed by atoms with Gasteiger partial charge in [0, 0.05) is 25.7 Å². The summed E-state index contributed by atoms with van der Waals surface area (Å²) in [4.78, 5) is 72.5. The fraction of sp³-hybridized carbons (Fsp3) is 0.887. The minimum Gasteiger partial charge on any atom is -0.462 e. The van der Waals surface area contributed by atoms with Crippen molar-refractivity contribution in [3.63, 3.8) is 0 Å². The van der Waals surface area contributed by atoms with E-state index in [0.717, 1.165) is 127 Å². The molecule has 90 heavy (non-hydrogen) atoms. The molecule has 0 rings (SSSR count). The topological polar surface area (TPSA) is 237 Å². The molecule has 0 fully saturated rings. The molecule has 0 aliphatic carbocycles. The van der Waals surface area contributed by atoms with Crippen LogP contribution in [-0.2, 0) is 65.4 Å². The molecule has 0 aliphatic rings. The Balaban J connectivity index is 5.27. The SMILES string of the molecule is CCCCCC/C=C\C=C/CCCCCCCC(=O)O[C@H](COC(=O)CCCCCCCCCCC(C)C)COP(=O)(O)OC[C@@H](O)COP(=O)(O)OC[C@@H](COC(=O)CCCCCCCCC(C)C)OC(=O)CCCCCCCCCCCCCCC(C)C. The van der Waals surface area contributed by atoms with Crippen molar-refractivity contribution in [2.45, 2.75) is 349 Å². The predicted octanol–water partition coefficient (Wildman–Crippen LogP) is 19.8. The van der Waals surface area contributed by atoms with Gasteiger partial charge in [-0.2, -0.15) is 0 Å². The number of hydrogen-bond donors (Lipinski definition) is 3. The van der Waals surface area contributed by atoms with Gasteiger partial charge in [0.15, 0.2) is 12.2 Å². The Hall–Kier alpha value is -2.46. The molecule has 0 saturated heterocycles. The van der Waals surface area contributed by atoms with E-state index < -0.39 is 97.5 Å². The van der Waals surface area contributed by atoms with Gasteiger partial charge in [0.1, 0.15) is 19.3 Å². The van der Waals surface area contributed by atoms with Gasteiger partial charge in [-0.05, 0) is 69.1 Å². The van der Waals surface area contributed by atoms with Gasteiger partial charge in [-0.25, -0.2) is 9.13 Å². The molecule has 0 aromatic carbocycles. The van der Waals surface area contributed by atoms with Crippen molar-refractivity contribution in [2.75, 3.05) is 39.6 Å². The largest absolute Gasteiger partial charge is 0.472 e. The van der Waals surface area contributed by atoms with Crippen LogP contribution in [0.1, 0.15) is 331 Å². The highest BCUT2D eigenvalue weighted by atomic mass is 31.2. The third-order valence-electron chi connectivity index (χ3n) is 15.8. The van der Waals surface area contributed by atoms with Gasteiger partial charge in [0.25, 0.3) is 0 Å². The van der Waals surface area contributed by atoms with Crippen molar-refractivity contribution >= 4 is 39.5 Å². The van der Waals surface area contributed by atoms with Gasteiger partial charge in [-0.15, -0.1) is 0 Å². The molecule has 0 amide bonds. The summed E-state index contributed by atoms with van der Waals surface area (Å²) in [6.45, 7) is 11.7. The molecule has 2 unspecified atom stereocenters. The number of carbonyl (C=O) groups is 4. The average Bonchev–Trinajstić information content (AvgIpc) is 3.60. The van der Waals surface area contributed by atoms with Crippen LogP contribution in [0.25, 0.3) is 0 Å². The van der Waals surface area contributed by atoms with Gasteiger partial charge >= 0.3 is 39.5 Å². The van der Waals surface area contributed by atoms with E-state index in [1.807, 2.05) is 0 Å². The predicted molar refractivity (Wildman–Crippen MR) is 363 cm³/mol. The van der Waals surface area contributed by atoms with Crippen LogP contribution in [0.4, 0.5) is 0 Å². The molecular weight excluding hydrogens is 1190 g/mol. The minimum atomic E-state index is -4.96. The first-order valence-electron chi connectivity index (χ1n) is 36.2. The van der Waals surface area contributed by atoms with E-state index in [1.54, 1.807) is 0 Å². The summed E-state index contributed by atoms with van der Waals surface area (Å²) in [5, 5.41) is 10.6. The first-order valence-corrected chi connectivity index (χ1v) is 39.2. The Morgan fingerprint density at radius 3 is 0.900 bits per heavy atom. The first kappa shape index (κ1) is 87.5. The second kappa shape index (κ2) is 61.4. The van der Waals surface area contributed by atoms with E-state index >= 15 is 0 Å². The van der Waals surface area contributed by atoms with Crippen molar-refractivity contribution in [1.29, 1.82) is 0 Å². The molecule has 0 heterocycles. The number of esters is 4. The second-order valence-electron chi connectivity index (χ2n) is 26.4. The number of hydrogen-bond acceptors (Lipinski definition) is 15. The van der Waals surface area contributed by atoms with E-state index in [-0.39, 0.29) is 25.7 Å². The zero-order valence-electron chi connectivity index (χ0n) is 58.1. The van der Waals surface area contributed by atoms with Gasteiger partial charge in [0.05, 0.1) is 26.4 Å². The number of aliphatic hydroxyl groups is 1. The van der Waals surface area contributed by atoms with Crippen molar-refractivity contribution in [3.8, 4) is 0 Å². The van der Waals surface area contributed by atoms with Crippen LogP contribution in [0.3, 0.4) is 0 Å². The number of aliphatic hydroxyl groups excluding tert-OH is 1. The van der Waals surface area contributed by atoms with Gasteiger partial charge in [0.2, 0.25) is 0 Å². The van der Waals surface area contributed by atoms with Crippen molar-refractivity contribution in [2.24, 2.45) is 17.8 Å². The lowest BCUT2D eigenvalue weighted by molar-refractivity contribution is -0.161. The second-order valence-corrected chi connectivity index (χ2v) is 29.3. The molecule has 19 heteroatoms. The van der Waals surface area contributed by atoms with Crippen molar-refractivity contribution < 1.29 is 80.2 Å². The summed E-state index contributed by atoms with van der Waals surface area (Å²) in [5.41, 5.74) is 0. The van der Waals surface area contributed by atoms with E-state index in [2.05, 4.69) is 72.8 Å². The maximum atomic E-state index is 13.0. The monoisotopic (exact) mass is 1320 g/mol. The summed E-state index contributed by atoms with van der Waals surface area (Å²) >= 11 is 0. The van der Waals surface area contributed by atoms with Crippen LogP contribution < -0.4 is 0 Å². The Labute approximate surface area is 548 Å². The fourth-order valence-corrected chi connectivity index (χ4v) is 11.8. The van der Waals surface area contributed by atoms with Crippen LogP contribution in [0.2, 0.25) is 0 Å². The number of unbranched alkanes of at least 4 members (excludes halogenated alkanes) is 32. The molecule has 0 radical (unpaired) electrons. The van der Waals surface area contributed by atoms with Gasteiger partial charge < -0.3 is 33.8 Å². The van der Waals surface area contributed by atoms with Gasteiger partial charge in [-0.1, -0.05) is 278 Å². The number of phosphoric ester groups is 2. The summed E-state index contributed by atoms with van der Waals surface area (Å²) in [6, 6.07) is 0. The Morgan fingerprint density at radius 1 is 0.344 bits per heavy atom. The highest BCUT2D eigenvalue weighted by Gasteiger charge is 2.30. The first-order chi connectivity index (χ1) is 43.2. The Morgan fingerprint density at radius 2 is 0.600 bits per heavy atom. The lowest BCUT2D eigenvalue weighted by Gasteiger charge is -2.21. The highest BCUT2D eigenvalue weighted by Crippen LogP contribution is 2.45. The zero-order valence-corrected chi connectivity index (χ0v) is 59.9. The average molecular weight is 1320 g/mol. The van der Waals surface area contributed by atoms with Gasteiger partial charge in [-0.3, -0.25) is 37.3 Å². The maximum absolute atomic E-state index is 13.0. The minimum absolute atomic E-state index is 0.0839. The molecule has 3 N–H and O–H groups in total. The van der Waals surface area contributed by atoms with Crippen LogP contribution in [-0.4, -0.2) is 96.7 Å². The molecule has 0 aromatic heterocycles. The number of rotatable bonds is 67. The van der Waals surface area contributed by atoms with Crippen LogP contribution in [0.15, 0.2) is 24.3 Å². The highest BCUT2D eigenvalue weighted by molar-refractivity contribution is 7.47. The van der Waals surface area contributed by atoms with Crippen molar-refractivity contribution in [1.82, 2.24) is 0 Å². The lowest BCUT2D eigenvalue weighted by atomic mass is 10.0. The van der Waals surface area contributed by atoms with Crippen molar-refractivity contribution in [3.05, 3.63) is 24.3 Å². The molecule has 0 saturated carbocycles. The molecule has 17 nitrogen and oxygen atoms in total. The zero-order chi connectivity index (χ0) is 66.6. The summed E-state index contributed by atoms with van der Waals surface area (Å²) in [7, 11) is -9.92. The normalized spacial score (nSPS) is 14.4. The lowest BCUT2D eigenvalue weighted by Crippen LogP contribution is -2.30. The molecule has 5 atom stereocenters. The third kappa shape index (κ3) is 64.3. The summed E-state index contributed by atoms with van der Waals surface area (Å²) in [6.07, 6.45) is 48.2. The number of ether oxygens (including phenoxy) is 4. The van der Waals surface area contributed by atoms with Crippen LogP contribution >= 0.6 is 15.6 Å². The quantitative estimate of drug-likeness (QED) is 0.0169. The van der Waals surface area contributed by atoms with Crippen LogP contribution in [0.5, 0.6) is 0 Å². The van der Waals surface area contributed by atoms with E-state index in [0.29, 0.717) is 31.6 Å². The van der Waals surface area contributed by atoms with E-state index in [1.165, 1.54) is 116 Å². The summed E-state index contributed by atoms with van der Waals surface area (Å²) in [5.74, 6) is 0.0178. The number of allylic oxidation sites excluding steroid dienone is 4. The smallest absolute Gasteiger partial charge is 0.462 e. The standard InChI is InChI=1S/C71H134O17P2/c1-8-9-10-11-12-13-14-15-16-17-21-24-31-40-47-54-70(75)87-66(58-81-68(73)52-45-38-30-27-26-29-36-43-50-63(4)5)60-85-89(77,78)83-56-65(72)57-84-90(79,80)86-61-67(59-82-69(74)53-46-39-34-33-37-44-51-64(6)7)88-71(76)55-48-41-32-25-22-19-18-20-23-28-35-42-49-62(2)3/h13-16,62-67,72H,8-12,17-61H2,1-7H3,(H,77,78)(H,79,80)/b14-13-,16-15-/t65-,66-,67-/m1/s1. The van der Waals surface area contributed by atoms with Crippen LogP contribution in [0, 0.1) is 17.8 Å². The summed E-state index contributed by atoms with van der Waals surface area (Å²) < 4.78 is 68.2. The van der Waals surface area contributed by atoms with E-state index in [9.17, 15) is 43.2 Å². The molecule has 0 aromatic rings. The molecule has 0 spiro atoms. The third-order valence-corrected chi connectivity index (χ3v) is 17.7. The molecule has 0 aliphatic heterocycles. The fourth-order valence-electron chi connectivity index (χ4n) is 10.2. The number of phosphoric acid groups is 2. The molecule has 0 bridgehead atoms. The maximum Gasteiger partial charge on any atom is 0.472 e. The molecular formula is C71H134O17P2. The van der Waals surface area contributed by atoms with E-state index in [4.69, 9.17) is 37.0 Å². The molecule has 530 valence electrons. The Bertz CT molecular complexity index is 1860. The number of carbonyl (C=O) groups excluding carboxylic acids is 4. The Kier molecular flexibility index (Phi) is 59.7.